The third kappa shape index (κ3) is 6.17. The zero-order valence-corrected chi connectivity index (χ0v) is 16.8. The second kappa shape index (κ2) is 10.2. The second-order valence-corrected chi connectivity index (χ2v) is 6.79. The maximum Gasteiger partial charge on any atom is 0.275 e. The van der Waals surface area contributed by atoms with Crippen LogP contribution in [0.2, 0.25) is 0 Å². The number of thioether (sulfide) groups is 1. The number of nitro groups is 1. The van der Waals surface area contributed by atoms with Crippen LogP contribution in [0.4, 0.5) is 11.4 Å². The molecule has 1 heterocycles. The van der Waals surface area contributed by atoms with Crippen LogP contribution in [0.1, 0.15) is 6.92 Å². The number of nitro benzene ring substituents is 1. The molecule has 3 rings (SSSR count). The molecular weight excluding hydrogens is 408 g/mol. The molecule has 0 unspecified atom stereocenters. The monoisotopic (exact) mass is 426 g/mol. The number of carbonyl (C=O) groups is 1. The Morgan fingerprint density at radius 1 is 1.10 bits per heavy atom. The Kier molecular flexibility index (Phi) is 7.17. The van der Waals surface area contributed by atoms with Crippen molar-refractivity contribution >= 4 is 29.0 Å². The van der Waals surface area contributed by atoms with E-state index in [2.05, 4.69) is 15.3 Å². The van der Waals surface area contributed by atoms with Crippen molar-refractivity contribution in [2.45, 2.75) is 12.1 Å². The summed E-state index contributed by atoms with van der Waals surface area (Å²) in [6.07, 6.45) is 3.16. The Morgan fingerprint density at radius 2 is 1.80 bits per heavy atom. The van der Waals surface area contributed by atoms with Gasteiger partial charge in [0.25, 0.3) is 5.69 Å². The minimum Gasteiger partial charge on any atom is -0.494 e. The molecule has 30 heavy (non-hydrogen) atoms. The van der Waals surface area contributed by atoms with E-state index in [4.69, 9.17) is 9.47 Å². The van der Waals surface area contributed by atoms with E-state index in [1.54, 1.807) is 42.7 Å². The van der Waals surface area contributed by atoms with Gasteiger partial charge < -0.3 is 14.8 Å². The molecule has 10 heteroatoms. The molecular formula is C20H18N4O5S. The first-order valence-electron chi connectivity index (χ1n) is 8.93. The Labute approximate surface area is 176 Å². The fraction of sp³-hybridized carbons (Fsp3) is 0.150. The molecule has 0 saturated heterocycles. The lowest BCUT2D eigenvalue weighted by Crippen LogP contribution is -2.14. The minimum absolute atomic E-state index is 0.0573. The quantitative estimate of drug-likeness (QED) is 0.233. The van der Waals surface area contributed by atoms with E-state index in [0.717, 1.165) is 11.8 Å². The summed E-state index contributed by atoms with van der Waals surface area (Å²) in [6.45, 7) is 2.43. The van der Waals surface area contributed by atoms with Crippen LogP contribution in [-0.4, -0.2) is 33.2 Å². The van der Waals surface area contributed by atoms with Crippen molar-refractivity contribution in [3.8, 4) is 17.2 Å². The molecule has 1 amide bonds. The standard InChI is InChI=1S/C20H18N4O5S/c1-2-28-16-4-6-17(7-5-16)29-18-11-14(10-15(12-18)24(26)27)23-19(25)13-30-20-21-8-3-9-22-20/h3-12H,2,13H2,1H3,(H,23,25). The normalized spacial score (nSPS) is 10.3. The minimum atomic E-state index is -0.548. The number of non-ortho nitro benzene ring substituents is 1. The summed E-state index contributed by atoms with van der Waals surface area (Å²) in [4.78, 5) is 31.0. The number of hydrogen-bond donors (Lipinski definition) is 1. The van der Waals surface area contributed by atoms with Crippen LogP contribution in [0.25, 0.3) is 0 Å². The first-order chi connectivity index (χ1) is 14.5. The molecule has 0 fully saturated rings. The molecule has 3 aromatic rings. The van der Waals surface area contributed by atoms with Gasteiger partial charge in [-0.1, -0.05) is 11.8 Å². The fourth-order valence-corrected chi connectivity index (χ4v) is 3.02. The molecule has 0 bridgehead atoms. The Balaban J connectivity index is 1.70. The SMILES string of the molecule is CCOc1ccc(Oc2cc(NC(=O)CSc3ncccn3)cc([N+](=O)[O-])c2)cc1. The molecule has 9 nitrogen and oxygen atoms in total. The molecule has 0 radical (unpaired) electrons. The van der Waals surface area contributed by atoms with Crippen molar-refractivity contribution in [3.05, 3.63) is 71.0 Å². The number of aromatic nitrogens is 2. The summed E-state index contributed by atoms with van der Waals surface area (Å²) in [7, 11) is 0. The molecule has 2 aromatic carbocycles. The molecule has 0 aliphatic carbocycles. The van der Waals surface area contributed by atoms with E-state index in [0.29, 0.717) is 23.3 Å². The van der Waals surface area contributed by atoms with Gasteiger partial charge in [-0.05, 0) is 37.3 Å². The lowest BCUT2D eigenvalue weighted by molar-refractivity contribution is -0.384. The zero-order chi connectivity index (χ0) is 21.3. The maximum atomic E-state index is 12.2. The van der Waals surface area contributed by atoms with E-state index in [1.165, 1.54) is 18.2 Å². The summed E-state index contributed by atoms with van der Waals surface area (Å²) in [5.41, 5.74) is 0.0532. The van der Waals surface area contributed by atoms with Crippen molar-refractivity contribution in [3.63, 3.8) is 0 Å². The largest absolute Gasteiger partial charge is 0.494 e. The highest BCUT2D eigenvalue weighted by Gasteiger charge is 2.14. The van der Waals surface area contributed by atoms with Gasteiger partial charge in [0.2, 0.25) is 5.91 Å². The number of nitrogens with zero attached hydrogens (tertiary/aromatic N) is 3. The average molecular weight is 426 g/mol. The lowest BCUT2D eigenvalue weighted by atomic mass is 10.2. The summed E-state index contributed by atoms with van der Waals surface area (Å²) in [5, 5.41) is 14.4. The molecule has 154 valence electrons. The highest BCUT2D eigenvalue weighted by Crippen LogP contribution is 2.30. The number of rotatable bonds is 9. The Bertz CT molecular complexity index is 1020. The van der Waals surface area contributed by atoms with Gasteiger partial charge >= 0.3 is 0 Å². The summed E-state index contributed by atoms with van der Waals surface area (Å²) in [5.74, 6) is 1.11. The van der Waals surface area contributed by atoms with Gasteiger partial charge in [0.1, 0.15) is 17.2 Å². The van der Waals surface area contributed by atoms with E-state index in [9.17, 15) is 14.9 Å². The first kappa shape index (κ1) is 21.1. The van der Waals surface area contributed by atoms with Gasteiger partial charge in [-0.25, -0.2) is 9.97 Å². The summed E-state index contributed by atoms with van der Waals surface area (Å²) < 4.78 is 11.1. The fourth-order valence-electron chi connectivity index (χ4n) is 2.41. The molecule has 0 aliphatic heterocycles. The van der Waals surface area contributed by atoms with Crippen LogP contribution in [0, 0.1) is 10.1 Å². The Morgan fingerprint density at radius 3 is 2.47 bits per heavy atom. The van der Waals surface area contributed by atoms with Crippen LogP contribution in [0.15, 0.2) is 66.1 Å². The van der Waals surface area contributed by atoms with Crippen molar-refractivity contribution in [1.82, 2.24) is 9.97 Å². The van der Waals surface area contributed by atoms with Crippen LogP contribution < -0.4 is 14.8 Å². The highest BCUT2D eigenvalue weighted by molar-refractivity contribution is 7.99. The van der Waals surface area contributed by atoms with Gasteiger partial charge in [-0.3, -0.25) is 14.9 Å². The number of carbonyl (C=O) groups excluding carboxylic acids is 1. The van der Waals surface area contributed by atoms with Gasteiger partial charge in [0, 0.05) is 24.5 Å². The molecule has 1 aromatic heterocycles. The Hall–Kier alpha value is -3.66. The number of ether oxygens (including phenoxy) is 2. The second-order valence-electron chi connectivity index (χ2n) is 5.85. The third-order valence-corrected chi connectivity index (χ3v) is 4.51. The van der Waals surface area contributed by atoms with E-state index >= 15 is 0 Å². The molecule has 1 N–H and O–H groups in total. The van der Waals surface area contributed by atoms with Crippen LogP contribution >= 0.6 is 11.8 Å². The number of anilines is 1. The predicted octanol–water partition coefficient (Wildman–Crippen LogP) is 4.31. The average Bonchev–Trinajstić information content (AvgIpc) is 2.74. The molecule has 0 saturated carbocycles. The topological polar surface area (TPSA) is 116 Å². The van der Waals surface area contributed by atoms with Gasteiger partial charge in [0.05, 0.1) is 29.0 Å². The molecule has 0 spiro atoms. The van der Waals surface area contributed by atoms with Gasteiger partial charge in [0.15, 0.2) is 5.16 Å². The summed E-state index contributed by atoms with van der Waals surface area (Å²) >= 11 is 1.16. The van der Waals surface area contributed by atoms with Gasteiger partial charge in [-0.15, -0.1) is 0 Å². The van der Waals surface area contributed by atoms with Crippen LogP contribution in [0.3, 0.4) is 0 Å². The number of benzene rings is 2. The number of nitrogens with one attached hydrogen (secondary N) is 1. The van der Waals surface area contributed by atoms with Crippen LogP contribution in [-0.2, 0) is 4.79 Å². The smallest absolute Gasteiger partial charge is 0.275 e. The predicted molar refractivity (Wildman–Crippen MR) is 112 cm³/mol. The third-order valence-electron chi connectivity index (χ3n) is 3.63. The van der Waals surface area contributed by atoms with Crippen LogP contribution in [0.5, 0.6) is 17.2 Å². The maximum absolute atomic E-state index is 12.2. The van der Waals surface area contributed by atoms with Crippen molar-refractivity contribution in [2.75, 3.05) is 17.7 Å². The first-order valence-corrected chi connectivity index (χ1v) is 9.92. The van der Waals surface area contributed by atoms with Crippen molar-refractivity contribution in [1.29, 1.82) is 0 Å². The molecule has 0 aliphatic rings. The summed E-state index contributed by atoms with van der Waals surface area (Å²) in [6, 6.07) is 12.6. The van der Waals surface area contributed by atoms with Gasteiger partial charge in [-0.2, -0.15) is 0 Å². The van der Waals surface area contributed by atoms with E-state index in [-0.39, 0.29) is 28.8 Å². The van der Waals surface area contributed by atoms with Crippen molar-refractivity contribution in [2.24, 2.45) is 0 Å². The number of hydrogen-bond acceptors (Lipinski definition) is 8. The highest BCUT2D eigenvalue weighted by atomic mass is 32.2. The van der Waals surface area contributed by atoms with E-state index < -0.39 is 4.92 Å². The molecule has 0 atom stereocenters. The zero-order valence-electron chi connectivity index (χ0n) is 16.0. The van der Waals surface area contributed by atoms with Crippen molar-refractivity contribution < 1.29 is 19.2 Å². The number of amides is 1. The van der Waals surface area contributed by atoms with E-state index in [1.807, 2.05) is 6.92 Å². The lowest BCUT2D eigenvalue weighted by Gasteiger charge is -2.10.